The van der Waals surface area contributed by atoms with Crippen LogP contribution in [0.15, 0.2) is 6.07 Å². The lowest BCUT2D eigenvalue weighted by atomic mass is 10.0. The van der Waals surface area contributed by atoms with Gasteiger partial charge in [-0.1, -0.05) is 6.42 Å². The van der Waals surface area contributed by atoms with Gasteiger partial charge in [0.05, 0.1) is 5.69 Å². The molecule has 0 aromatic carbocycles. The molecule has 1 fully saturated rings. The monoisotopic (exact) mass is 219 g/mol. The summed E-state index contributed by atoms with van der Waals surface area (Å²) in [5, 5.41) is 8.88. The van der Waals surface area contributed by atoms with Crippen LogP contribution in [-0.4, -0.2) is 16.7 Å². The van der Waals surface area contributed by atoms with Crippen molar-refractivity contribution in [1.29, 1.82) is 0 Å². The molecule has 0 spiro atoms. The molecule has 3 nitrogen and oxygen atoms in total. The van der Waals surface area contributed by atoms with Crippen LogP contribution in [0, 0.1) is 0 Å². The van der Waals surface area contributed by atoms with Gasteiger partial charge >= 0.3 is 6.18 Å². The molecular weight excluding hydrogens is 207 g/mol. The molecule has 1 unspecified atom stereocenters. The fraction of sp³-hybridized carbons (Fsp3) is 0.667. The summed E-state index contributed by atoms with van der Waals surface area (Å²) in [4.78, 5) is 0. The van der Waals surface area contributed by atoms with Gasteiger partial charge in [-0.05, 0) is 25.5 Å². The Morgan fingerprint density at radius 1 is 1.33 bits per heavy atom. The first kappa shape index (κ1) is 10.5. The van der Waals surface area contributed by atoms with E-state index in [-0.39, 0.29) is 6.04 Å². The van der Waals surface area contributed by atoms with E-state index in [9.17, 15) is 13.2 Å². The van der Waals surface area contributed by atoms with Crippen LogP contribution in [0.3, 0.4) is 0 Å². The third-order valence-electron chi connectivity index (χ3n) is 2.57. The minimum atomic E-state index is -4.36. The molecule has 1 saturated heterocycles. The van der Waals surface area contributed by atoms with Gasteiger partial charge in [-0.3, -0.25) is 5.10 Å². The third kappa shape index (κ3) is 2.31. The predicted molar refractivity (Wildman–Crippen MR) is 48.2 cm³/mol. The van der Waals surface area contributed by atoms with Crippen LogP contribution in [0.5, 0.6) is 0 Å². The van der Waals surface area contributed by atoms with Crippen molar-refractivity contribution >= 4 is 0 Å². The first-order chi connectivity index (χ1) is 7.07. The van der Waals surface area contributed by atoms with Gasteiger partial charge in [-0.15, -0.1) is 0 Å². The number of nitrogens with zero attached hydrogens (tertiary/aromatic N) is 1. The number of aromatic amines is 1. The minimum absolute atomic E-state index is 0.0117. The maximum atomic E-state index is 12.3. The fourth-order valence-corrected chi connectivity index (χ4v) is 1.78. The lowest BCUT2D eigenvalue weighted by Gasteiger charge is -2.21. The first-order valence-corrected chi connectivity index (χ1v) is 4.93. The second kappa shape index (κ2) is 3.84. The van der Waals surface area contributed by atoms with E-state index in [0.717, 1.165) is 31.9 Å². The van der Waals surface area contributed by atoms with Crippen molar-refractivity contribution < 1.29 is 13.2 Å². The van der Waals surface area contributed by atoms with Crippen molar-refractivity contribution in [3.05, 3.63) is 17.5 Å². The minimum Gasteiger partial charge on any atom is -0.309 e. The number of piperidine rings is 1. The summed E-state index contributed by atoms with van der Waals surface area (Å²) in [6, 6.07) is 1.07. The van der Waals surface area contributed by atoms with E-state index < -0.39 is 11.9 Å². The van der Waals surface area contributed by atoms with E-state index in [0.29, 0.717) is 5.69 Å². The van der Waals surface area contributed by atoms with E-state index in [1.54, 1.807) is 0 Å². The van der Waals surface area contributed by atoms with Gasteiger partial charge in [0.25, 0.3) is 0 Å². The number of alkyl halides is 3. The number of aromatic nitrogens is 2. The molecule has 15 heavy (non-hydrogen) atoms. The van der Waals surface area contributed by atoms with Gasteiger partial charge in [0.1, 0.15) is 0 Å². The Labute approximate surface area is 85.1 Å². The standard InChI is InChI=1S/C9H12F3N3/c10-9(11,12)8-5-7(14-15-8)6-3-1-2-4-13-6/h5-6,13H,1-4H2,(H,14,15). The van der Waals surface area contributed by atoms with E-state index in [1.807, 2.05) is 0 Å². The van der Waals surface area contributed by atoms with Crippen molar-refractivity contribution in [2.45, 2.75) is 31.5 Å². The van der Waals surface area contributed by atoms with Crippen LogP contribution < -0.4 is 5.32 Å². The van der Waals surface area contributed by atoms with Crippen molar-refractivity contribution in [2.75, 3.05) is 6.54 Å². The highest BCUT2D eigenvalue weighted by molar-refractivity contribution is 5.15. The Hall–Kier alpha value is -1.04. The van der Waals surface area contributed by atoms with Crippen LogP contribution in [-0.2, 0) is 6.18 Å². The smallest absolute Gasteiger partial charge is 0.309 e. The summed E-state index contributed by atoms with van der Waals surface area (Å²) in [6.07, 6.45) is -1.38. The van der Waals surface area contributed by atoms with Crippen LogP contribution in [0.4, 0.5) is 13.2 Å². The second-order valence-electron chi connectivity index (χ2n) is 3.71. The summed E-state index contributed by atoms with van der Waals surface area (Å²) in [7, 11) is 0. The summed E-state index contributed by atoms with van der Waals surface area (Å²) in [5.74, 6) is 0. The number of hydrogen-bond acceptors (Lipinski definition) is 2. The molecule has 0 saturated carbocycles. The average Bonchev–Trinajstić information content (AvgIpc) is 2.67. The lowest BCUT2D eigenvalue weighted by molar-refractivity contribution is -0.141. The first-order valence-electron chi connectivity index (χ1n) is 4.93. The molecule has 0 bridgehead atoms. The van der Waals surface area contributed by atoms with Gasteiger partial charge in [0, 0.05) is 6.04 Å². The summed E-state index contributed by atoms with van der Waals surface area (Å²) in [5.41, 5.74) is -0.313. The summed E-state index contributed by atoms with van der Waals surface area (Å²) < 4.78 is 36.8. The largest absolute Gasteiger partial charge is 0.435 e. The van der Waals surface area contributed by atoms with Gasteiger partial charge in [-0.2, -0.15) is 18.3 Å². The summed E-state index contributed by atoms with van der Waals surface area (Å²) in [6.45, 7) is 0.852. The van der Waals surface area contributed by atoms with Crippen LogP contribution in [0.1, 0.15) is 36.7 Å². The highest BCUT2D eigenvalue weighted by Gasteiger charge is 2.34. The maximum Gasteiger partial charge on any atom is 0.435 e. The number of halogens is 3. The van der Waals surface area contributed by atoms with Crippen LogP contribution >= 0.6 is 0 Å². The van der Waals surface area contributed by atoms with Gasteiger partial charge in [0.2, 0.25) is 0 Å². The third-order valence-corrected chi connectivity index (χ3v) is 2.57. The van der Waals surface area contributed by atoms with Gasteiger partial charge < -0.3 is 5.32 Å². The highest BCUT2D eigenvalue weighted by atomic mass is 19.4. The predicted octanol–water partition coefficient (Wildman–Crippen LogP) is 2.24. The van der Waals surface area contributed by atoms with Crippen molar-refractivity contribution in [1.82, 2.24) is 15.5 Å². The zero-order chi connectivity index (χ0) is 10.9. The Bertz CT molecular complexity index is 326. The Balaban J connectivity index is 2.12. The van der Waals surface area contributed by atoms with Crippen molar-refractivity contribution in [3.63, 3.8) is 0 Å². The molecule has 1 aromatic heterocycles. The zero-order valence-corrected chi connectivity index (χ0v) is 8.06. The molecule has 2 rings (SSSR count). The molecule has 1 aliphatic heterocycles. The van der Waals surface area contributed by atoms with E-state index in [2.05, 4.69) is 15.5 Å². The van der Waals surface area contributed by atoms with Gasteiger partial charge in [0.15, 0.2) is 5.69 Å². The number of H-pyrrole nitrogens is 1. The number of nitrogens with one attached hydrogen (secondary N) is 2. The van der Waals surface area contributed by atoms with Gasteiger partial charge in [-0.25, -0.2) is 0 Å². The Kier molecular flexibility index (Phi) is 2.68. The molecular formula is C9H12F3N3. The van der Waals surface area contributed by atoms with E-state index >= 15 is 0 Å². The molecule has 0 radical (unpaired) electrons. The number of hydrogen-bond donors (Lipinski definition) is 2. The zero-order valence-electron chi connectivity index (χ0n) is 8.06. The molecule has 1 aromatic rings. The Morgan fingerprint density at radius 2 is 2.13 bits per heavy atom. The molecule has 84 valence electrons. The molecule has 0 amide bonds. The molecule has 1 aliphatic rings. The van der Waals surface area contributed by atoms with Crippen molar-refractivity contribution in [3.8, 4) is 0 Å². The lowest BCUT2D eigenvalue weighted by Crippen LogP contribution is -2.26. The molecule has 2 N–H and O–H groups in total. The summed E-state index contributed by atoms with van der Waals surface area (Å²) >= 11 is 0. The normalized spacial score (nSPS) is 23.0. The number of rotatable bonds is 1. The Morgan fingerprint density at radius 3 is 2.67 bits per heavy atom. The van der Waals surface area contributed by atoms with Crippen LogP contribution in [0.2, 0.25) is 0 Å². The molecule has 0 aliphatic carbocycles. The van der Waals surface area contributed by atoms with E-state index in [1.165, 1.54) is 0 Å². The van der Waals surface area contributed by atoms with Crippen LogP contribution in [0.25, 0.3) is 0 Å². The highest BCUT2D eigenvalue weighted by Crippen LogP contribution is 2.30. The average molecular weight is 219 g/mol. The molecule has 6 heteroatoms. The maximum absolute atomic E-state index is 12.3. The van der Waals surface area contributed by atoms with Crippen molar-refractivity contribution in [2.24, 2.45) is 0 Å². The second-order valence-corrected chi connectivity index (χ2v) is 3.71. The quantitative estimate of drug-likeness (QED) is 0.760. The van der Waals surface area contributed by atoms with E-state index in [4.69, 9.17) is 0 Å². The topological polar surface area (TPSA) is 40.7 Å². The molecule has 2 heterocycles. The SMILES string of the molecule is FC(F)(F)c1cc(C2CCCCN2)[nH]n1. The fourth-order valence-electron chi connectivity index (χ4n) is 1.78. The molecule has 1 atom stereocenters.